The molecule has 3 saturated carbocycles. The fraction of sp³-hybridized carbons (Fsp3) is 0.696. The summed E-state index contributed by atoms with van der Waals surface area (Å²) in [4.78, 5) is 35.2. The first-order chi connectivity index (χ1) is 15.2. The van der Waals surface area contributed by atoms with Gasteiger partial charge in [0.25, 0.3) is 0 Å². The molecule has 3 fully saturated rings. The highest BCUT2D eigenvalue weighted by Gasteiger charge is 2.78. The standard InChI is InChI=1S/C23H26Cl2F2O6/c1-10-6-12-13-8-15(26)14-7-11(28)4-5-20(14,2)22(13,27)16(29)9-21(12,3)23(10,19(31)32)33-18(30)17(24)25/h4-5,7,10,12-13,15-17,29H,6,8-9H2,1-3H3,(H,31,32)/t10-,12?,13?,15+,16+,20?,21?,22+,23+/m1/s1. The van der Waals surface area contributed by atoms with Crippen LogP contribution in [0.15, 0.2) is 23.8 Å². The van der Waals surface area contributed by atoms with Gasteiger partial charge in [0, 0.05) is 22.7 Å². The van der Waals surface area contributed by atoms with Crippen molar-refractivity contribution in [3.8, 4) is 0 Å². The number of hydrogen-bond acceptors (Lipinski definition) is 5. The van der Waals surface area contributed by atoms with E-state index < -0.39 is 74.7 Å². The third-order valence-electron chi connectivity index (χ3n) is 8.93. The van der Waals surface area contributed by atoms with E-state index in [4.69, 9.17) is 27.9 Å². The van der Waals surface area contributed by atoms with E-state index in [9.17, 15) is 24.6 Å². The van der Waals surface area contributed by atoms with Gasteiger partial charge in [0.15, 0.2) is 11.5 Å². The van der Waals surface area contributed by atoms with Gasteiger partial charge < -0.3 is 14.9 Å². The number of esters is 1. The summed E-state index contributed by atoms with van der Waals surface area (Å²) in [6.07, 6.45) is -0.367. The van der Waals surface area contributed by atoms with E-state index in [-0.39, 0.29) is 24.8 Å². The Morgan fingerprint density at radius 3 is 2.45 bits per heavy atom. The van der Waals surface area contributed by atoms with Gasteiger partial charge in [-0.3, -0.25) is 4.79 Å². The highest BCUT2D eigenvalue weighted by atomic mass is 35.5. The van der Waals surface area contributed by atoms with Gasteiger partial charge in [-0.2, -0.15) is 0 Å². The largest absolute Gasteiger partial charge is 0.478 e. The molecule has 0 radical (unpaired) electrons. The number of rotatable bonds is 3. The van der Waals surface area contributed by atoms with Crippen molar-refractivity contribution in [2.45, 2.75) is 68.4 Å². The number of carbonyl (C=O) groups is 3. The molecule has 0 aliphatic heterocycles. The summed E-state index contributed by atoms with van der Waals surface area (Å²) in [5, 5.41) is 21.5. The van der Waals surface area contributed by atoms with E-state index >= 15 is 8.78 Å². The van der Waals surface area contributed by atoms with Crippen LogP contribution >= 0.6 is 23.2 Å². The molecule has 0 spiro atoms. The normalized spacial score (nSPS) is 48.6. The first-order valence-electron chi connectivity index (χ1n) is 10.9. The average Bonchev–Trinajstić information content (AvgIpc) is 2.93. The molecule has 182 valence electrons. The molecule has 2 N–H and O–H groups in total. The molecule has 0 aromatic heterocycles. The first kappa shape index (κ1) is 24.6. The van der Waals surface area contributed by atoms with Crippen LogP contribution in [0.4, 0.5) is 8.78 Å². The van der Waals surface area contributed by atoms with E-state index in [1.165, 1.54) is 26.0 Å². The molecule has 4 rings (SSSR count). The second kappa shape index (κ2) is 7.49. The van der Waals surface area contributed by atoms with Crippen molar-refractivity contribution in [3.63, 3.8) is 0 Å². The molecule has 0 aromatic rings. The Labute approximate surface area is 199 Å². The number of aliphatic hydroxyl groups is 1. The number of hydrogen-bond donors (Lipinski definition) is 2. The predicted molar refractivity (Wildman–Crippen MR) is 115 cm³/mol. The molecule has 6 nitrogen and oxygen atoms in total. The van der Waals surface area contributed by atoms with Gasteiger partial charge in [0.2, 0.25) is 10.4 Å². The molecule has 0 heterocycles. The third-order valence-corrected chi connectivity index (χ3v) is 9.28. The van der Waals surface area contributed by atoms with Crippen molar-refractivity contribution >= 4 is 40.9 Å². The highest BCUT2D eigenvalue weighted by molar-refractivity contribution is 6.53. The van der Waals surface area contributed by atoms with E-state index in [0.29, 0.717) is 0 Å². The second-order valence-electron chi connectivity index (χ2n) is 10.3. The van der Waals surface area contributed by atoms with Gasteiger partial charge in [0.05, 0.1) is 6.10 Å². The number of carboxylic acid groups (broad SMARTS) is 1. The molecule has 9 atom stereocenters. The van der Waals surface area contributed by atoms with Gasteiger partial charge in [-0.25, -0.2) is 18.4 Å². The second-order valence-corrected chi connectivity index (χ2v) is 11.4. The Hall–Kier alpha value is -1.51. The van der Waals surface area contributed by atoms with Crippen molar-refractivity contribution in [2.24, 2.45) is 28.6 Å². The topological polar surface area (TPSA) is 101 Å². The summed E-state index contributed by atoms with van der Waals surface area (Å²) in [7, 11) is 0. The van der Waals surface area contributed by atoms with Gasteiger partial charge in [-0.15, -0.1) is 0 Å². The van der Waals surface area contributed by atoms with E-state index in [2.05, 4.69) is 0 Å². The van der Waals surface area contributed by atoms with E-state index in [0.717, 1.165) is 6.08 Å². The maximum atomic E-state index is 17.1. The molecule has 4 unspecified atom stereocenters. The minimum atomic E-state index is -2.36. The van der Waals surface area contributed by atoms with Crippen LogP contribution in [-0.2, 0) is 19.1 Å². The number of aliphatic carboxylic acids is 1. The number of ketones is 1. The van der Waals surface area contributed by atoms with Crippen LogP contribution in [-0.4, -0.2) is 56.3 Å². The molecule has 0 saturated heterocycles. The zero-order chi connectivity index (χ0) is 24.7. The van der Waals surface area contributed by atoms with Crippen LogP contribution < -0.4 is 0 Å². The van der Waals surface area contributed by atoms with Crippen molar-refractivity contribution in [3.05, 3.63) is 23.8 Å². The molecule has 0 amide bonds. The molecule has 0 aromatic carbocycles. The molecule has 33 heavy (non-hydrogen) atoms. The van der Waals surface area contributed by atoms with Gasteiger partial charge in [-0.05, 0) is 49.8 Å². The van der Waals surface area contributed by atoms with E-state index in [1.54, 1.807) is 6.92 Å². The number of carbonyl (C=O) groups excluding carboxylic acids is 2. The summed E-state index contributed by atoms with van der Waals surface area (Å²) >= 11 is 11.3. The summed E-state index contributed by atoms with van der Waals surface area (Å²) < 4.78 is 37.9. The van der Waals surface area contributed by atoms with Crippen LogP contribution in [0.3, 0.4) is 0 Å². The Kier molecular flexibility index (Phi) is 5.59. The minimum Gasteiger partial charge on any atom is -0.478 e. The zero-order valence-electron chi connectivity index (χ0n) is 18.4. The van der Waals surface area contributed by atoms with Crippen LogP contribution in [0.2, 0.25) is 0 Å². The smallest absolute Gasteiger partial charge is 0.349 e. The average molecular weight is 507 g/mol. The summed E-state index contributed by atoms with van der Waals surface area (Å²) in [5.41, 5.74) is -7.54. The Morgan fingerprint density at radius 2 is 1.88 bits per heavy atom. The van der Waals surface area contributed by atoms with Gasteiger partial charge in [-0.1, -0.05) is 43.1 Å². The van der Waals surface area contributed by atoms with Crippen molar-refractivity contribution in [2.75, 3.05) is 0 Å². The highest BCUT2D eigenvalue weighted by Crippen LogP contribution is 2.71. The SMILES string of the molecule is C[C@@H]1CC2C3C[C@H](F)C4=CC(=O)C=CC4(C)[C@@]3(F)[C@@H](O)CC2(C)[C@@]1(OC(=O)C(Cl)Cl)C(=O)O. The summed E-state index contributed by atoms with van der Waals surface area (Å²) in [5.74, 6) is -5.68. The first-order valence-corrected chi connectivity index (χ1v) is 11.7. The molecular weight excluding hydrogens is 481 g/mol. The molecular formula is C23H26Cl2F2O6. The number of halogens is 4. The maximum absolute atomic E-state index is 17.1. The predicted octanol–water partition coefficient (Wildman–Crippen LogP) is 3.72. The fourth-order valence-electron chi connectivity index (χ4n) is 7.44. The number of fused-ring (bicyclic) bond motifs is 5. The number of allylic oxidation sites excluding steroid dienone is 4. The molecule has 4 aliphatic rings. The minimum absolute atomic E-state index is 0.0227. The molecule has 0 bridgehead atoms. The molecule has 4 aliphatic carbocycles. The Balaban J connectivity index is 1.87. The zero-order valence-corrected chi connectivity index (χ0v) is 19.9. The number of ether oxygens (including phenoxy) is 1. The Bertz CT molecular complexity index is 984. The fourth-order valence-corrected chi connectivity index (χ4v) is 7.53. The number of aliphatic hydroxyl groups excluding tert-OH is 1. The lowest BCUT2D eigenvalue weighted by molar-refractivity contribution is -0.236. The van der Waals surface area contributed by atoms with Crippen molar-refractivity contribution in [1.29, 1.82) is 0 Å². The van der Waals surface area contributed by atoms with Crippen molar-refractivity contribution in [1.82, 2.24) is 0 Å². The monoisotopic (exact) mass is 506 g/mol. The van der Waals surface area contributed by atoms with Crippen LogP contribution in [0, 0.1) is 28.6 Å². The number of alkyl halides is 4. The quantitative estimate of drug-likeness (QED) is 0.446. The third kappa shape index (κ3) is 2.89. The van der Waals surface area contributed by atoms with Gasteiger partial charge in [0.1, 0.15) is 6.17 Å². The van der Waals surface area contributed by atoms with Crippen LogP contribution in [0.5, 0.6) is 0 Å². The van der Waals surface area contributed by atoms with Crippen LogP contribution in [0.1, 0.15) is 40.0 Å². The van der Waals surface area contributed by atoms with E-state index in [1.807, 2.05) is 0 Å². The maximum Gasteiger partial charge on any atom is 0.349 e. The summed E-state index contributed by atoms with van der Waals surface area (Å²) in [6.45, 7) is 4.56. The lowest BCUT2D eigenvalue weighted by Gasteiger charge is -2.62. The Morgan fingerprint density at radius 1 is 1.24 bits per heavy atom. The van der Waals surface area contributed by atoms with Crippen LogP contribution in [0.25, 0.3) is 0 Å². The van der Waals surface area contributed by atoms with Crippen molar-refractivity contribution < 1.29 is 38.1 Å². The lowest BCUT2D eigenvalue weighted by Crippen LogP contribution is -2.71. The van der Waals surface area contributed by atoms with Gasteiger partial charge >= 0.3 is 11.9 Å². The molecule has 10 heteroatoms. The summed E-state index contributed by atoms with van der Waals surface area (Å²) in [6, 6.07) is 0. The number of carboxylic acids is 1. The lowest BCUT2D eigenvalue weighted by atomic mass is 9.44.